The van der Waals surface area contributed by atoms with E-state index < -0.39 is 0 Å². The summed E-state index contributed by atoms with van der Waals surface area (Å²) in [6, 6.07) is 27.6. The molecule has 10 rings (SSSR count). The average molecular weight is 803 g/mol. The SMILES string of the molecule is C=C1/C=C\C=C/CC2=C(/C=C\1)SC1=C(C3=Cc4c(sc5ccccc45)CC3)C=C(C)C(c3cc4ccc5c(c4cc3-c3ccccc3C)C(=C)/C=C\C=C/S5)C(C)C21. The highest BCUT2D eigenvalue weighted by Gasteiger charge is 2.42. The van der Waals surface area contributed by atoms with E-state index >= 15 is 0 Å². The molecule has 5 aromatic rings. The Bertz CT molecular complexity index is 2880. The van der Waals surface area contributed by atoms with E-state index in [-0.39, 0.29) is 11.8 Å². The van der Waals surface area contributed by atoms with Gasteiger partial charge in [-0.15, -0.1) is 11.3 Å². The minimum absolute atomic E-state index is 0.186. The van der Waals surface area contributed by atoms with Crippen molar-refractivity contribution in [3.8, 4) is 11.1 Å². The number of allylic oxidation sites excluding steroid dienone is 17. The van der Waals surface area contributed by atoms with Crippen molar-refractivity contribution < 1.29 is 0 Å². The largest absolute Gasteiger partial charge is 0.140 e. The molecular weight excluding hydrogens is 757 g/mol. The molecule has 3 heterocycles. The lowest BCUT2D eigenvalue weighted by molar-refractivity contribution is 0.421. The number of benzene rings is 4. The summed E-state index contributed by atoms with van der Waals surface area (Å²) in [5, 5.41) is 6.10. The topological polar surface area (TPSA) is 0 Å². The molecule has 58 heavy (non-hydrogen) atoms. The lowest BCUT2D eigenvalue weighted by Crippen LogP contribution is -2.21. The molecular formula is C55H46S3. The lowest BCUT2D eigenvalue weighted by atomic mass is 9.71. The van der Waals surface area contributed by atoms with Crippen LogP contribution in [0.15, 0.2) is 195 Å². The number of hydrogen-bond donors (Lipinski definition) is 0. The molecule has 284 valence electrons. The fourth-order valence-electron chi connectivity index (χ4n) is 9.92. The maximum absolute atomic E-state index is 4.58. The second-order valence-electron chi connectivity index (χ2n) is 16.2. The number of thiophene rings is 1. The summed E-state index contributed by atoms with van der Waals surface area (Å²) >= 11 is 5.77. The molecule has 0 saturated carbocycles. The van der Waals surface area contributed by atoms with Gasteiger partial charge in [0.05, 0.1) is 0 Å². The van der Waals surface area contributed by atoms with Gasteiger partial charge < -0.3 is 0 Å². The Morgan fingerprint density at radius 1 is 0.741 bits per heavy atom. The fourth-order valence-corrected chi connectivity index (χ4v) is 13.4. The average Bonchev–Trinajstić information content (AvgIpc) is 3.75. The van der Waals surface area contributed by atoms with Gasteiger partial charge in [0.15, 0.2) is 0 Å². The van der Waals surface area contributed by atoms with Crippen LogP contribution in [0.1, 0.15) is 59.7 Å². The van der Waals surface area contributed by atoms with E-state index in [1.807, 2.05) is 23.1 Å². The van der Waals surface area contributed by atoms with E-state index in [9.17, 15) is 0 Å². The third kappa shape index (κ3) is 6.49. The first-order valence-corrected chi connectivity index (χ1v) is 23.0. The quantitative estimate of drug-likeness (QED) is 0.178. The molecule has 5 aliphatic rings. The Morgan fingerprint density at radius 2 is 1.59 bits per heavy atom. The third-order valence-electron chi connectivity index (χ3n) is 12.6. The normalized spacial score (nSPS) is 24.4. The van der Waals surface area contributed by atoms with Crippen molar-refractivity contribution in [2.45, 2.75) is 50.8 Å². The van der Waals surface area contributed by atoms with Gasteiger partial charge in [-0.1, -0.05) is 152 Å². The van der Waals surface area contributed by atoms with Gasteiger partial charge in [0.1, 0.15) is 0 Å². The van der Waals surface area contributed by atoms with Crippen LogP contribution in [0.2, 0.25) is 0 Å². The van der Waals surface area contributed by atoms with Crippen LogP contribution in [0.3, 0.4) is 0 Å². The summed E-state index contributed by atoms with van der Waals surface area (Å²) in [6.45, 7) is 16.1. The monoisotopic (exact) mass is 802 g/mol. The van der Waals surface area contributed by atoms with Crippen molar-refractivity contribution >= 4 is 67.4 Å². The first-order valence-electron chi connectivity index (χ1n) is 20.4. The Balaban J connectivity index is 1.22. The van der Waals surface area contributed by atoms with Crippen molar-refractivity contribution in [2.75, 3.05) is 0 Å². The van der Waals surface area contributed by atoms with Crippen LogP contribution in [-0.4, -0.2) is 0 Å². The highest BCUT2D eigenvalue weighted by molar-refractivity contribution is 8.07. The van der Waals surface area contributed by atoms with Crippen molar-refractivity contribution in [1.29, 1.82) is 0 Å². The minimum Gasteiger partial charge on any atom is -0.140 e. The Kier molecular flexibility index (Phi) is 9.80. The molecule has 3 heteroatoms. The second kappa shape index (κ2) is 15.3. The molecule has 0 bridgehead atoms. The summed E-state index contributed by atoms with van der Waals surface area (Å²) in [7, 11) is 0. The maximum Gasteiger partial charge on any atom is 0.0351 e. The van der Waals surface area contributed by atoms with Gasteiger partial charge in [-0.2, -0.15) is 0 Å². The van der Waals surface area contributed by atoms with Gasteiger partial charge in [-0.05, 0) is 153 Å². The van der Waals surface area contributed by atoms with Crippen LogP contribution in [0.25, 0.3) is 43.6 Å². The molecule has 0 nitrogen and oxygen atoms in total. The standard InChI is InChI=1S/C55H46S3/c1-33-15-7-6-8-20-42-49(25-22-33)58-55-44(39-23-26-50-46(30-39)41-19-11-12-21-48(41)57-50)29-36(4)52(37(5)54(42)55)47-31-38-24-27-51-53(35(3)17-13-14-28-56-51)43(38)32-45(47)40-18-10-9-16-34(40)2/h6-19,21-22,24-25,27-32,37,52,54H,1,3,20,23,26H2,2,4-5H3/b8-6-,15-7-,17-13-,25-22-,28-14-. The van der Waals surface area contributed by atoms with Crippen LogP contribution >= 0.6 is 34.9 Å². The molecule has 0 spiro atoms. The van der Waals surface area contributed by atoms with E-state index in [0.29, 0.717) is 5.92 Å². The summed E-state index contributed by atoms with van der Waals surface area (Å²) in [4.78, 5) is 5.66. The Morgan fingerprint density at radius 3 is 2.48 bits per heavy atom. The van der Waals surface area contributed by atoms with Crippen LogP contribution in [0, 0.1) is 18.8 Å². The third-order valence-corrected chi connectivity index (χ3v) is 16.1. The van der Waals surface area contributed by atoms with Crippen molar-refractivity contribution in [3.63, 3.8) is 0 Å². The van der Waals surface area contributed by atoms with Gasteiger partial charge in [0, 0.05) is 41.7 Å². The van der Waals surface area contributed by atoms with E-state index in [1.165, 1.54) is 96.1 Å². The van der Waals surface area contributed by atoms with Gasteiger partial charge in [0.25, 0.3) is 0 Å². The maximum atomic E-state index is 4.58. The fraction of sp³-hybridized carbons (Fsp3) is 0.164. The zero-order valence-corrected chi connectivity index (χ0v) is 35.8. The van der Waals surface area contributed by atoms with Gasteiger partial charge in [-0.3, -0.25) is 0 Å². The Labute approximate surface area is 355 Å². The van der Waals surface area contributed by atoms with Gasteiger partial charge in [0.2, 0.25) is 0 Å². The highest BCUT2D eigenvalue weighted by atomic mass is 32.2. The molecule has 0 fully saturated rings. The summed E-state index contributed by atoms with van der Waals surface area (Å²) in [5.41, 5.74) is 15.9. The van der Waals surface area contributed by atoms with Gasteiger partial charge >= 0.3 is 0 Å². The van der Waals surface area contributed by atoms with E-state index in [4.69, 9.17) is 0 Å². The number of rotatable bonds is 3. The van der Waals surface area contributed by atoms with Crippen molar-refractivity contribution in [2.24, 2.45) is 11.8 Å². The zero-order chi connectivity index (χ0) is 39.5. The van der Waals surface area contributed by atoms with Crippen LogP contribution in [0.5, 0.6) is 0 Å². The predicted octanol–water partition coefficient (Wildman–Crippen LogP) is 16.4. The summed E-state index contributed by atoms with van der Waals surface area (Å²) < 4.78 is 1.39. The Hall–Kier alpha value is -5.06. The highest BCUT2D eigenvalue weighted by Crippen LogP contribution is 2.59. The van der Waals surface area contributed by atoms with Crippen LogP contribution in [0.4, 0.5) is 0 Å². The molecule has 3 atom stereocenters. The van der Waals surface area contributed by atoms with Crippen molar-refractivity contribution in [1.82, 2.24) is 0 Å². The molecule has 3 aliphatic carbocycles. The molecule has 2 aliphatic heterocycles. The number of thioether (sulfide) groups is 2. The lowest BCUT2D eigenvalue weighted by Gasteiger charge is -2.33. The first-order chi connectivity index (χ1) is 28.3. The van der Waals surface area contributed by atoms with E-state index in [0.717, 1.165) is 30.4 Å². The first kappa shape index (κ1) is 37.2. The molecule has 0 amide bonds. The molecule has 4 aromatic carbocycles. The number of fused-ring (bicyclic) bond motifs is 8. The van der Waals surface area contributed by atoms with E-state index in [1.54, 1.807) is 11.8 Å². The zero-order valence-electron chi connectivity index (χ0n) is 33.3. The molecule has 0 saturated heterocycles. The number of aryl methyl sites for hydroxylation is 2. The minimum atomic E-state index is 0.186. The summed E-state index contributed by atoms with van der Waals surface area (Å²) in [5.74, 6) is 0.758. The molecule has 0 N–H and O–H groups in total. The van der Waals surface area contributed by atoms with Gasteiger partial charge in [-0.25, -0.2) is 0 Å². The smallest absolute Gasteiger partial charge is 0.0351 e. The van der Waals surface area contributed by atoms with Crippen molar-refractivity contribution in [3.05, 3.63) is 217 Å². The summed E-state index contributed by atoms with van der Waals surface area (Å²) in [6.07, 6.45) is 28.0. The molecule has 0 radical (unpaired) electrons. The predicted molar refractivity (Wildman–Crippen MR) is 257 cm³/mol. The molecule has 3 unspecified atom stereocenters. The number of hydrogen-bond acceptors (Lipinski definition) is 3. The van der Waals surface area contributed by atoms with E-state index in [2.05, 4.69) is 179 Å². The second-order valence-corrected chi connectivity index (χ2v) is 19.4. The van der Waals surface area contributed by atoms with Crippen LogP contribution in [-0.2, 0) is 6.42 Å². The van der Waals surface area contributed by atoms with Crippen LogP contribution < -0.4 is 0 Å². The molecule has 1 aromatic heterocycles.